The van der Waals surface area contributed by atoms with E-state index in [4.69, 9.17) is 5.73 Å². The molecule has 0 bridgehead atoms. The van der Waals surface area contributed by atoms with Gasteiger partial charge < -0.3 is 31.1 Å². The van der Waals surface area contributed by atoms with Crippen LogP contribution in [-0.4, -0.2) is 112 Å². The number of carbonyl (C=O) groups is 3. The van der Waals surface area contributed by atoms with Crippen LogP contribution in [0.25, 0.3) is 16.9 Å². The average molecular weight is 603 g/mol. The third-order valence-corrected chi connectivity index (χ3v) is 9.87. The Balaban J connectivity index is 1.40. The summed E-state index contributed by atoms with van der Waals surface area (Å²) in [6.07, 6.45) is 0.284. The summed E-state index contributed by atoms with van der Waals surface area (Å²) >= 11 is 0. The minimum absolute atomic E-state index is 0.0464. The van der Waals surface area contributed by atoms with Crippen LogP contribution in [0.3, 0.4) is 0 Å². The number of likely N-dealkylation sites (N-methyl/N-ethyl adjacent to an activating group) is 2. The number of carbonyl (C=O) groups excluding carboxylic acids is 3. The van der Waals surface area contributed by atoms with Crippen molar-refractivity contribution in [3.63, 3.8) is 0 Å². The zero-order valence-electron chi connectivity index (χ0n) is 25.1. The van der Waals surface area contributed by atoms with Gasteiger partial charge >= 0.3 is 0 Å². The van der Waals surface area contributed by atoms with Gasteiger partial charge in [0.05, 0.1) is 11.6 Å². The molecule has 1 saturated carbocycles. The third kappa shape index (κ3) is 4.54. The number of fused-ring (bicyclic) bond motifs is 3. The van der Waals surface area contributed by atoms with E-state index in [0.29, 0.717) is 5.56 Å². The predicted molar refractivity (Wildman–Crippen MR) is 162 cm³/mol. The minimum atomic E-state index is -2.66. The molecule has 4 aliphatic rings. The summed E-state index contributed by atoms with van der Waals surface area (Å²) in [4.78, 5) is 45.8. The van der Waals surface area contributed by atoms with Crippen molar-refractivity contribution < 1.29 is 34.8 Å². The molecule has 232 valence electrons. The molecule has 11 heteroatoms. The van der Waals surface area contributed by atoms with Crippen molar-refractivity contribution in [1.82, 2.24) is 14.7 Å². The molecule has 1 aliphatic heterocycles. The van der Waals surface area contributed by atoms with Gasteiger partial charge in [-0.25, -0.2) is 0 Å². The summed E-state index contributed by atoms with van der Waals surface area (Å²) in [5, 5.41) is 45.2. The molecule has 0 unspecified atom stereocenters. The third-order valence-electron chi connectivity index (χ3n) is 9.87. The van der Waals surface area contributed by atoms with E-state index in [-0.39, 0.29) is 29.7 Å². The lowest BCUT2D eigenvalue weighted by Gasteiger charge is -2.50. The van der Waals surface area contributed by atoms with Gasteiger partial charge in [0.25, 0.3) is 5.91 Å². The maximum atomic E-state index is 14.0. The molecular formula is C33H38N4O7. The molecule has 0 radical (unpaired) electrons. The number of rotatable bonds is 5. The normalized spacial score (nSPS) is 27.8. The first kappa shape index (κ1) is 30.0. The van der Waals surface area contributed by atoms with Crippen LogP contribution < -0.4 is 5.73 Å². The van der Waals surface area contributed by atoms with Crippen LogP contribution in [0.1, 0.15) is 23.1 Å². The SMILES string of the molecule is CN1CCN(Cc2ccc(-c3ccc(O)c4c3C[C@@H]3C[C@@H]5[C@@H](N(C)C)C(=O)C(C(N)=O)=C(O)[C@@]5(O)C(=O)C3=C4O)cc2)CC1. The summed E-state index contributed by atoms with van der Waals surface area (Å²) < 4.78 is 0. The Morgan fingerprint density at radius 2 is 1.68 bits per heavy atom. The second-order valence-electron chi connectivity index (χ2n) is 12.7. The van der Waals surface area contributed by atoms with Crippen molar-refractivity contribution >= 4 is 23.2 Å². The molecule has 0 spiro atoms. The number of nitrogens with two attached hydrogens (primary N) is 1. The van der Waals surface area contributed by atoms with E-state index in [0.717, 1.165) is 43.9 Å². The largest absolute Gasteiger partial charge is 0.508 e. The number of aromatic hydroxyl groups is 1. The lowest BCUT2D eigenvalue weighted by Crippen LogP contribution is -2.65. The monoisotopic (exact) mass is 602 g/mol. The smallest absolute Gasteiger partial charge is 0.255 e. The topological polar surface area (TPSA) is 168 Å². The Labute approximate surface area is 255 Å². The van der Waals surface area contributed by atoms with Crippen LogP contribution in [0.15, 0.2) is 53.3 Å². The lowest BCUT2D eigenvalue weighted by atomic mass is 9.57. The Hall–Kier alpha value is -4.03. The second-order valence-corrected chi connectivity index (χ2v) is 12.7. The van der Waals surface area contributed by atoms with Gasteiger partial charge in [0, 0.05) is 44.2 Å². The van der Waals surface area contributed by atoms with Gasteiger partial charge in [-0.1, -0.05) is 30.3 Å². The maximum absolute atomic E-state index is 14.0. The molecular weight excluding hydrogens is 564 g/mol. The Kier molecular flexibility index (Phi) is 7.40. The molecule has 6 rings (SSSR count). The van der Waals surface area contributed by atoms with E-state index in [1.807, 2.05) is 12.1 Å². The summed E-state index contributed by atoms with van der Waals surface area (Å²) in [6.45, 7) is 4.92. The Morgan fingerprint density at radius 1 is 1.02 bits per heavy atom. The molecule has 2 fully saturated rings. The van der Waals surface area contributed by atoms with Gasteiger partial charge in [0.15, 0.2) is 11.4 Å². The number of phenols is 1. The van der Waals surface area contributed by atoms with E-state index >= 15 is 0 Å². The highest BCUT2D eigenvalue weighted by Crippen LogP contribution is 2.53. The van der Waals surface area contributed by atoms with Crippen LogP contribution in [-0.2, 0) is 27.3 Å². The fraction of sp³-hybridized carbons (Fsp3) is 0.424. The highest BCUT2D eigenvalue weighted by Gasteiger charge is 2.64. The van der Waals surface area contributed by atoms with Gasteiger partial charge in [0.2, 0.25) is 5.78 Å². The molecule has 0 aromatic heterocycles. The first-order valence-corrected chi connectivity index (χ1v) is 14.8. The highest BCUT2D eigenvalue weighted by molar-refractivity contribution is 6.24. The van der Waals surface area contributed by atoms with Crippen molar-refractivity contribution in [3.8, 4) is 16.9 Å². The summed E-state index contributed by atoms with van der Waals surface area (Å²) in [6, 6.07) is 10.3. The molecule has 1 saturated heterocycles. The number of nitrogens with zero attached hydrogens (tertiary/aromatic N) is 3. The number of ketones is 2. The van der Waals surface area contributed by atoms with Gasteiger partial charge in [-0.2, -0.15) is 0 Å². The number of primary amides is 1. The van der Waals surface area contributed by atoms with Crippen LogP contribution in [0, 0.1) is 11.8 Å². The fourth-order valence-electron chi connectivity index (χ4n) is 7.57. The van der Waals surface area contributed by atoms with Crippen molar-refractivity contribution in [1.29, 1.82) is 0 Å². The van der Waals surface area contributed by atoms with Crippen molar-refractivity contribution in [2.24, 2.45) is 17.6 Å². The van der Waals surface area contributed by atoms with Crippen molar-refractivity contribution in [2.75, 3.05) is 47.3 Å². The molecule has 44 heavy (non-hydrogen) atoms. The number of hydrogen-bond acceptors (Lipinski definition) is 10. The zero-order valence-corrected chi connectivity index (χ0v) is 25.1. The van der Waals surface area contributed by atoms with Gasteiger partial charge in [-0.05, 0) is 68.2 Å². The van der Waals surface area contributed by atoms with E-state index < -0.39 is 58.0 Å². The number of Topliss-reactive ketones (excluding diaryl/α,β-unsaturated/α-hetero) is 2. The standard InChI is InChI=1S/C33H38N4O7/c1-35(2)27-22-15-19-14-21-20(18-6-4-17(5-7-18)16-37-12-10-36(3)11-13-37)8-9-23(38)25(21)28(39)24(19)30(41)33(22,44)31(42)26(29(27)40)32(34)43/h4-9,19,22,27,38-39,42,44H,10-16H2,1-3H3,(H2,34,43)/t19-,22-,27-,33+/m1/s1. The quantitative estimate of drug-likeness (QED) is 0.316. The number of amides is 1. The molecule has 1 amide bonds. The zero-order chi connectivity index (χ0) is 31.7. The first-order chi connectivity index (χ1) is 20.8. The number of phenolic OH excluding ortho intramolecular Hbond substituents is 1. The lowest BCUT2D eigenvalue weighted by molar-refractivity contribution is -0.153. The average Bonchev–Trinajstić information content (AvgIpc) is 2.96. The fourth-order valence-corrected chi connectivity index (χ4v) is 7.57. The minimum Gasteiger partial charge on any atom is -0.508 e. The van der Waals surface area contributed by atoms with Crippen LogP contribution in [0.5, 0.6) is 5.75 Å². The molecule has 2 aromatic carbocycles. The van der Waals surface area contributed by atoms with Crippen LogP contribution in [0.4, 0.5) is 0 Å². The molecule has 1 heterocycles. The molecule has 4 atom stereocenters. The highest BCUT2D eigenvalue weighted by atomic mass is 16.3. The molecule has 6 N–H and O–H groups in total. The van der Waals surface area contributed by atoms with E-state index in [9.17, 15) is 34.8 Å². The molecule has 3 aliphatic carbocycles. The van der Waals surface area contributed by atoms with Gasteiger partial charge in [-0.3, -0.25) is 24.2 Å². The summed E-state index contributed by atoms with van der Waals surface area (Å²) in [5.41, 5.74) is 5.31. The Morgan fingerprint density at radius 3 is 2.30 bits per heavy atom. The number of piperazine rings is 1. The van der Waals surface area contributed by atoms with E-state index in [1.165, 1.54) is 16.5 Å². The number of aliphatic hydroxyl groups is 3. The first-order valence-electron chi connectivity index (χ1n) is 14.8. The molecule has 11 nitrogen and oxygen atoms in total. The van der Waals surface area contributed by atoms with Crippen LogP contribution in [0.2, 0.25) is 0 Å². The molecule has 2 aromatic rings. The number of hydrogen-bond donors (Lipinski definition) is 5. The van der Waals surface area contributed by atoms with Crippen LogP contribution >= 0.6 is 0 Å². The Bertz CT molecular complexity index is 1620. The number of aliphatic hydroxyl groups excluding tert-OH is 2. The van der Waals surface area contributed by atoms with E-state index in [2.05, 4.69) is 29.0 Å². The predicted octanol–water partition coefficient (Wildman–Crippen LogP) is 1.38. The van der Waals surface area contributed by atoms with E-state index in [1.54, 1.807) is 20.2 Å². The number of benzene rings is 2. The van der Waals surface area contributed by atoms with Crippen molar-refractivity contribution in [2.45, 2.75) is 31.0 Å². The maximum Gasteiger partial charge on any atom is 0.255 e. The van der Waals surface area contributed by atoms with Gasteiger partial charge in [-0.15, -0.1) is 0 Å². The summed E-state index contributed by atoms with van der Waals surface area (Å²) in [5.74, 6) is -6.61. The van der Waals surface area contributed by atoms with Crippen molar-refractivity contribution in [3.05, 3.63) is 70.0 Å². The second kappa shape index (κ2) is 10.8. The van der Waals surface area contributed by atoms with Gasteiger partial charge in [0.1, 0.15) is 22.8 Å². The summed E-state index contributed by atoms with van der Waals surface area (Å²) in [7, 11) is 5.29.